The fraction of sp³-hybridized carbons (Fsp3) is 0.333. The van der Waals surface area contributed by atoms with Gasteiger partial charge in [-0.3, -0.25) is 0 Å². The van der Waals surface area contributed by atoms with E-state index >= 15 is 0 Å². The summed E-state index contributed by atoms with van der Waals surface area (Å²) in [7, 11) is 0. The summed E-state index contributed by atoms with van der Waals surface area (Å²) < 4.78 is 0. The van der Waals surface area contributed by atoms with Gasteiger partial charge in [0.2, 0.25) is 0 Å². The smallest absolute Gasteiger partial charge is 0.117 e. The van der Waals surface area contributed by atoms with Gasteiger partial charge in [0.25, 0.3) is 0 Å². The molecule has 0 aliphatic carbocycles. The van der Waals surface area contributed by atoms with Crippen LogP contribution in [0.5, 0.6) is 0 Å². The van der Waals surface area contributed by atoms with Gasteiger partial charge in [-0.1, -0.05) is 54.6 Å². The third-order valence-electron chi connectivity index (χ3n) is 4.40. The van der Waals surface area contributed by atoms with Gasteiger partial charge in [0.05, 0.1) is 13.2 Å². The molecule has 0 aliphatic rings. The van der Waals surface area contributed by atoms with Gasteiger partial charge in [-0.2, -0.15) is 15.0 Å². The summed E-state index contributed by atoms with van der Waals surface area (Å²) in [6, 6.07) is 18.5. The third kappa shape index (κ3) is 5.47. The van der Waals surface area contributed by atoms with Crippen LogP contribution < -0.4 is 10.6 Å². The number of aromatic nitrogens is 3. The van der Waals surface area contributed by atoms with E-state index in [1.165, 1.54) is 11.1 Å². The van der Waals surface area contributed by atoms with Crippen LogP contribution >= 0.6 is 0 Å². The summed E-state index contributed by atoms with van der Waals surface area (Å²) in [5, 5.41) is 24.9. The van der Waals surface area contributed by atoms with Crippen molar-refractivity contribution in [2.45, 2.75) is 20.0 Å². The molecule has 2 aromatic carbocycles. The zero-order valence-electron chi connectivity index (χ0n) is 15.7. The van der Waals surface area contributed by atoms with E-state index in [0.29, 0.717) is 19.6 Å². The molecule has 0 aliphatic heterocycles. The lowest BCUT2D eigenvalue weighted by Crippen LogP contribution is -2.29. The summed E-state index contributed by atoms with van der Waals surface area (Å²) in [6.45, 7) is 5.80. The first-order chi connectivity index (χ1) is 13.3. The highest BCUT2D eigenvalue weighted by atomic mass is 16.3. The maximum atomic E-state index is 8.80. The lowest BCUT2D eigenvalue weighted by molar-refractivity contribution is 0.292. The molecular weight excluding hydrogens is 338 g/mol. The van der Waals surface area contributed by atoms with E-state index in [4.69, 9.17) is 15.3 Å². The van der Waals surface area contributed by atoms with E-state index in [2.05, 4.69) is 41.8 Å². The highest BCUT2D eigenvalue weighted by Gasteiger charge is 2.13. The number of nitrogens with zero attached hydrogens (tertiary/aromatic N) is 3. The maximum Gasteiger partial charge on any atom is 0.117 e. The van der Waals surface area contributed by atoms with Gasteiger partial charge in [-0.15, -0.1) is 0 Å². The highest BCUT2D eigenvalue weighted by molar-refractivity contribution is 5.60. The summed E-state index contributed by atoms with van der Waals surface area (Å²) in [5.74, 6) is 0. The zero-order valence-corrected chi connectivity index (χ0v) is 15.7. The van der Waals surface area contributed by atoms with Gasteiger partial charge in [-0.05, 0) is 18.1 Å². The van der Waals surface area contributed by atoms with Crippen LogP contribution in [0.4, 0.5) is 0 Å². The van der Waals surface area contributed by atoms with Crippen LogP contribution in [0.2, 0.25) is 0 Å². The van der Waals surface area contributed by atoms with Crippen molar-refractivity contribution in [3.63, 3.8) is 0 Å². The maximum absolute atomic E-state index is 8.80. The number of rotatable bonds is 10. The Balaban J connectivity index is 1.74. The fourth-order valence-corrected chi connectivity index (χ4v) is 2.92. The minimum atomic E-state index is 0.158. The average molecular weight is 365 g/mol. The van der Waals surface area contributed by atoms with E-state index in [-0.39, 0.29) is 6.61 Å². The molecule has 0 amide bonds. The van der Waals surface area contributed by atoms with Crippen molar-refractivity contribution in [2.24, 2.45) is 0 Å². The van der Waals surface area contributed by atoms with Gasteiger partial charge in [-0.25, -0.2) is 0 Å². The molecule has 0 radical (unpaired) electrons. The molecule has 0 saturated carbocycles. The molecule has 27 heavy (non-hydrogen) atoms. The van der Waals surface area contributed by atoms with E-state index in [9.17, 15) is 0 Å². The van der Waals surface area contributed by atoms with E-state index in [1.807, 2.05) is 30.3 Å². The topological polar surface area (TPSA) is 75.0 Å². The Morgan fingerprint density at radius 3 is 2.41 bits per heavy atom. The molecule has 3 aromatic rings. The number of aliphatic hydroxyl groups excluding tert-OH is 1. The summed E-state index contributed by atoms with van der Waals surface area (Å²) >= 11 is 0. The first kappa shape index (κ1) is 19.2. The molecule has 0 saturated heterocycles. The van der Waals surface area contributed by atoms with Crippen molar-refractivity contribution >= 4 is 0 Å². The van der Waals surface area contributed by atoms with Crippen molar-refractivity contribution in [2.75, 3.05) is 26.2 Å². The number of aliphatic hydroxyl groups is 1. The fourth-order valence-electron chi connectivity index (χ4n) is 2.92. The molecule has 6 heteroatoms. The number of nitrogens with one attached hydrogen (secondary N) is 2. The molecule has 6 nitrogen and oxygen atoms in total. The minimum absolute atomic E-state index is 0.158. The molecule has 3 N–H and O–H groups in total. The molecule has 0 spiro atoms. The van der Waals surface area contributed by atoms with Crippen molar-refractivity contribution in [3.05, 3.63) is 71.4 Å². The van der Waals surface area contributed by atoms with Crippen molar-refractivity contribution < 1.29 is 5.11 Å². The second-order valence-corrected chi connectivity index (χ2v) is 6.47. The second kappa shape index (κ2) is 9.97. The van der Waals surface area contributed by atoms with Crippen molar-refractivity contribution in [1.29, 1.82) is 0 Å². The van der Waals surface area contributed by atoms with Gasteiger partial charge in [0, 0.05) is 31.7 Å². The Morgan fingerprint density at radius 2 is 1.63 bits per heavy atom. The second-order valence-electron chi connectivity index (χ2n) is 6.47. The summed E-state index contributed by atoms with van der Waals surface area (Å²) in [5.41, 5.74) is 5.39. The van der Waals surface area contributed by atoms with Crippen LogP contribution in [0, 0.1) is 6.92 Å². The quantitative estimate of drug-likeness (QED) is 0.479. The van der Waals surface area contributed by atoms with Crippen LogP contribution in [-0.2, 0) is 13.1 Å². The normalized spacial score (nSPS) is 11.0. The standard InChI is InChI=1S/C21H27N5O/c1-17-7-5-6-10-19(17)16-26-24-20(15-23-12-11-22-13-14-27)21(25-26)18-8-3-2-4-9-18/h2-10,22-23,27H,11-16H2,1H3. The van der Waals surface area contributed by atoms with E-state index < -0.39 is 0 Å². The average Bonchev–Trinajstić information content (AvgIpc) is 3.10. The van der Waals surface area contributed by atoms with Gasteiger partial charge >= 0.3 is 0 Å². The number of hydrogen-bond donors (Lipinski definition) is 3. The lowest BCUT2D eigenvalue weighted by atomic mass is 10.1. The Bertz CT molecular complexity index is 832. The Kier molecular flexibility index (Phi) is 7.10. The molecule has 142 valence electrons. The molecule has 1 heterocycles. The first-order valence-electron chi connectivity index (χ1n) is 9.34. The molecule has 0 unspecified atom stereocenters. The summed E-state index contributed by atoms with van der Waals surface area (Å²) in [4.78, 5) is 1.78. The van der Waals surface area contributed by atoms with Crippen molar-refractivity contribution in [1.82, 2.24) is 25.6 Å². The molecule has 0 bridgehead atoms. The molecule has 0 atom stereocenters. The Morgan fingerprint density at radius 1 is 0.889 bits per heavy atom. The zero-order chi connectivity index (χ0) is 18.9. The number of hydrogen-bond acceptors (Lipinski definition) is 5. The van der Waals surface area contributed by atoms with Crippen LogP contribution in [0.15, 0.2) is 54.6 Å². The third-order valence-corrected chi connectivity index (χ3v) is 4.40. The molecule has 1 aromatic heterocycles. The monoisotopic (exact) mass is 365 g/mol. The van der Waals surface area contributed by atoms with Crippen molar-refractivity contribution in [3.8, 4) is 11.3 Å². The SMILES string of the molecule is Cc1ccccc1Cn1nc(CNCCNCCO)c(-c2ccccc2)n1. The molecule has 3 rings (SSSR count). The predicted octanol–water partition coefficient (Wildman–Crippen LogP) is 1.97. The van der Waals surface area contributed by atoms with Crippen LogP contribution in [0.3, 0.4) is 0 Å². The van der Waals surface area contributed by atoms with Gasteiger partial charge in [0.1, 0.15) is 11.4 Å². The van der Waals surface area contributed by atoms with Gasteiger partial charge in [0.15, 0.2) is 0 Å². The largest absolute Gasteiger partial charge is 0.395 e. The Hall–Kier alpha value is -2.54. The Labute approximate surface area is 160 Å². The minimum Gasteiger partial charge on any atom is -0.395 e. The predicted molar refractivity (Wildman–Crippen MR) is 107 cm³/mol. The lowest BCUT2D eigenvalue weighted by Gasteiger charge is -2.05. The van der Waals surface area contributed by atoms with Crippen LogP contribution in [-0.4, -0.2) is 46.3 Å². The van der Waals surface area contributed by atoms with Gasteiger partial charge < -0.3 is 15.7 Å². The summed E-state index contributed by atoms with van der Waals surface area (Å²) in [6.07, 6.45) is 0. The number of benzene rings is 2. The number of aryl methyl sites for hydroxylation is 1. The van der Waals surface area contributed by atoms with Crippen LogP contribution in [0.1, 0.15) is 16.8 Å². The van der Waals surface area contributed by atoms with E-state index in [0.717, 1.165) is 30.0 Å². The van der Waals surface area contributed by atoms with E-state index in [1.54, 1.807) is 4.80 Å². The van der Waals surface area contributed by atoms with Crippen LogP contribution in [0.25, 0.3) is 11.3 Å². The highest BCUT2D eigenvalue weighted by Crippen LogP contribution is 2.20. The molecule has 0 fully saturated rings. The first-order valence-corrected chi connectivity index (χ1v) is 9.34. The molecular formula is C21H27N5O.